The van der Waals surface area contributed by atoms with Crippen molar-refractivity contribution in [3.63, 3.8) is 0 Å². The van der Waals surface area contributed by atoms with Crippen LogP contribution in [0.2, 0.25) is 0 Å². The molecule has 0 saturated heterocycles. The Labute approximate surface area is 99.5 Å². The lowest BCUT2D eigenvalue weighted by molar-refractivity contribution is 0.558. The van der Waals surface area contributed by atoms with E-state index in [4.69, 9.17) is 10.2 Å². The first-order valence-electron chi connectivity index (χ1n) is 4.90. The first-order chi connectivity index (χ1) is 8.01. The molecule has 2 N–H and O–H groups in total. The number of sulfonamides is 1. The van der Waals surface area contributed by atoms with E-state index in [0.717, 1.165) is 4.31 Å². The fourth-order valence-corrected chi connectivity index (χ4v) is 2.50. The number of nitrogen functional groups attached to an aromatic ring is 1. The van der Waals surface area contributed by atoms with Crippen LogP contribution in [0.1, 0.15) is 0 Å². The number of furan rings is 1. The zero-order valence-electron chi connectivity index (χ0n) is 9.20. The van der Waals surface area contributed by atoms with Crippen molar-refractivity contribution < 1.29 is 12.8 Å². The van der Waals surface area contributed by atoms with Gasteiger partial charge in [0.05, 0.1) is 11.2 Å². The monoisotopic (exact) mass is 252 g/mol. The van der Waals surface area contributed by atoms with Gasteiger partial charge in [-0.25, -0.2) is 12.7 Å². The Kier molecular flexibility index (Phi) is 2.81. The van der Waals surface area contributed by atoms with Crippen LogP contribution < -0.4 is 10.0 Å². The van der Waals surface area contributed by atoms with E-state index in [0.29, 0.717) is 5.69 Å². The molecular formula is C11H12N2O3S. The van der Waals surface area contributed by atoms with Crippen LogP contribution >= 0.6 is 0 Å². The van der Waals surface area contributed by atoms with E-state index in [9.17, 15) is 8.42 Å². The zero-order valence-corrected chi connectivity index (χ0v) is 10.0. The van der Waals surface area contributed by atoms with Crippen LogP contribution in [0.15, 0.2) is 52.0 Å². The van der Waals surface area contributed by atoms with Gasteiger partial charge in [-0.2, -0.15) is 0 Å². The lowest BCUT2D eigenvalue weighted by atomic mass is 10.3. The summed E-state index contributed by atoms with van der Waals surface area (Å²) >= 11 is 0. The molecular weight excluding hydrogens is 240 g/mol. The molecule has 17 heavy (non-hydrogen) atoms. The summed E-state index contributed by atoms with van der Waals surface area (Å²) in [5.74, 6) is 0.266. The molecule has 0 unspecified atom stereocenters. The maximum Gasteiger partial charge on any atom is 0.266 e. The maximum atomic E-state index is 12.2. The molecule has 0 fully saturated rings. The predicted molar refractivity (Wildman–Crippen MR) is 65.2 cm³/mol. The van der Waals surface area contributed by atoms with Crippen molar-refractivity contribution in [2.75, 3.05) is 17.1 Å². The van der Waals surface area contributed by atoms with E-state index in [1.54, 1.807) is 24.3 Å². The molecule has 0 saturated carbocycles. The Hall–Kier alpha value is -1.95. The van der Waals surface area contributed by atoms with Crippen molar-refractivity contribution in [1.29, 1.82) is 0 Å². The summed E-state index contributed by atoms with van der Waals surface area (Å²) in [7, 11) is -2.16. The van der Waals surface area contributed by atoms with Crippen LogP contribution in [-0.2, 0) is 10.0 Å². The largest absolute Gasteiger partial charge is 0.448 e. The fourth-order valence-electron chi connectivity index (χ4n) is 1.37. The fraction of sp³-hybridized carbons (Fsp3) is 0.0909. The molecule has 1 aromatic heterocycles. The highest BCUT2D eigenvalue weighted by molar-refractivity contribution is 7.92. The van der Waals surface area contributed by atoms with Gasteiger partial charge in [0.15, 0.2) is 0 Å². The molecule has 5 nitrogen and oxygen atoms in total. The highest BCUT2D eigenvalue weighted by Gasteiger charge is 2.22. The Bertz CT molecular complexity index is 588. The third-order valence-electron chi connectivity index (χ3n) is 2.36. The molecule has 90 valence electrons. The van der Waals surface area contributed by atoms with E-state index < -0.39 is 10.0 Å². The normalized spacial score (nSPS) is 11.4. The SMILES string of the molecule is CN(c1ccco1)S(=O)(=O)c1ccc(N)cc1. The minimum Gasteiger partial charge on any atom is -0.448 e. The summed E-state index contributed by atoms with van der Waals surface area (Å²) in [5.41, 5.74) is 6.03. The van der Waals surface area contributed by atoms with E-state index in [1.165, 1.54) is 25.4 Å². The molecule has 0 amide bonds. The van der Waals surface area contributed by atoms with Crippen LogP contribution in [0.5, 0.6) is 0 Å². The summed E-state index contributed by atoms with van der Waals surface area (Å²) in [6.07, 6.45) is 1.42. The van der Waals surface area contributed by atoms with Crippen molar-refractivity contribution in [3.05, 3.63) is 42.7 Å². The number of anilines is 2. The van der Waals surface area contributed by atoms with Crippen molar-refractivity contribution in [1.82, 2.24) is 0 Å². The first kappa shape index (κ1) is 11.5. The lowest BCUT2D eigenvalue weighted by Crippen LogP contribution is -2.26. The van der Waals surface area contributed by atoms with Crippen molar-refractivity contribution >= 4 is 21.6 Å². The highest BCUT2D eigenvalue weighted by Crippen LogP contribution is 2.22. The van der Waals surface area contributed by atoms with E-state index in [2.05, 4.69) is 0 Å². The van der Waals surface area contributed by atoms with Gasteiger partial charge in [-0.15, -0.1) is 0 Å². The second-order valence-corrected chi connectivity index (χ2v) is 5.46. The second kappa shape index (κ2) is 4.14. The number of nitrogens with zero attached hydrogens (tertiary/aromatic N) is 1. The molecule has 2 rings (SSSR count). The zero-order chi connectivity index (χ0) is 12.5. The lowest BCUT2D eigenvalue weighted by Gasteiger charge is -2.16. The van der Waals surface area contributed by atoms with Crippen molar-refractivity contribution in [2.24, 2.45) is 0 Å². The summed E-state index contributed by atoms with van der Waals surface area (Å²) in [6, 6.07) is 9.22. The Morgan fingerprint density at radius 3 is 2.35 bits per heavy atom. The van der Waals surface area contributed by atoms with Crippen LogP contribution in [0.4, 0.5) is 11.6 Å². The second-order valence-electron chi connectivity index (χ2n) is 3.49. The minimum atomic E-state index is -3.59. The number of hydrogen-bond acceptors (Lipinski definition) is 4. The summed E-state index contributed by atoms with van der Waals surface area (Å²) in [4.78, 5) is 0.172. The highest BCUT2D eigenvalue weighted by atomic mass is 32.2. The Morgan fingerprint density at radius 1 is 1.18 bits per heavy atom. The van der Waals surface area contributed by atoms with Gasteiger partial charge in [0.25, 0.3) is 10.0 Å². The molecule has 0 radical (unpaired) electrons. The molecule has 0 atom stereocenters. The molecule has 0 bridgehead atoms. The number of hydrogen-bond donors (Lipinski definition) is 1. The number of nitrogens with two attached hydrogens (primary N) is 1. The number of rotatable bonds is 3. The van der Waals surface area contributed by atoms with Gasteiger partial charge in [-0.05, 0) is 30.3 Å². The van der Waals surface area contributed by atoms with E-state index in [-0.39, 0.29) is 10.8 Å². The minimum absolute atomic E-state index is 0.172. The summed E-state index contributed by atoms with van der Waals surface area (Å²) < 4.78 is 30.5. The van der Waals surface area contributed by atoms with Gasteiger partial charge in [0.1, 0.15) is 0 Å². The third kappa shape index (κ3) is 2.12. The van der Waals surface area contributed by atoms with Crippen molar-refractivity contribution in [2.45, 2.75) is 4.90 Å². The van der Waals surface area contributed by atoms with Crippen LogP contribution in [-0.4, -0.2) is 15.5 Å². The molecule has 6 heteroatoms. The maximum absolute atomic E-state index is 12.2. The summed E-state index contributed by atoms with van der Waals surface area (Å²) in [5, 5.41) is 0. The van der Waals surface area contributed by atoms with Gasteiger partial charge < -0.3 is 10.2 Å². The molecule has 2 aromatic rings. The van der Waals surface area contributed by atoms with Crippen LogP contribution in [0.3, 0.4) is 0 Å². The number of benzene rings is 1. The van der Waals surface area contributed by atoms with E-state index >= 15 is 0 Å². The van der Waals surface area contributed by atoms with Crippen LogP contribution in [0, 0.1) is 0 Å². The average Bonchev–Trinajstić information content (AvgIpc) is 2.82. The van der Waals surface area contributed by atoms with Crippen molar-refractivity contribution in [3.8, 4) is 0 Å². The molecule has 0 aliphatic heterocycles. The molecule has 0 aliphatic carbocycles. The van der Waals surface area contributed by atoms with Gasteiger partial charge in [-0.3, -0.25) is 0 Å². The molecule has 1 heterocycles. The molecule has 1 aromatic carbocycles. The van der Waals surface area contributed by atoms with Gasteiger partial charge >= 0.3 is 0 Å². The van der Waals surface area contributed by atoms with Gasteiger partial charge in [0.2, 0.25) is 5.88 Å². The Morgan fingerprint density at radius 2 is 1.82 bits per heavy atom. The van der Waals surface area contributed by atoms with Gasteiger partial charge in [-0.1, -0.05) is 0 Å². The topological polar surface area (TPSA) is 76.5 Å². The standard InChI is InChI=1S/C11H12N2O3S/c1-13(11-3-2-8-16-11)17(14,15)10-6-4-9(12)5-7-10/h2-8H,12H2,1H3. The van der Waals surface area contributed by atoms with E-state index in [1.807, 2.05) is 0 Å². The summed E-state index contributed by atoms with van der Waals surface area (Å²) in [6.45, 7) is 0. The average molecular weight is 252 g/mol. The quantitative estimate of drug-likeness (QED) is 0.843. The van der Waals surface area contributed by atoms with Gasteiger partial charge in [0, 0.05) is 18.8 Å². The van der Waals surface area contributed by atoms with Crippen LogP contribution in [0.25, 0.3) is 0 Å². The smallest absolute Gasteiger partial charge is 0.266 e. The molecule has 0 aliphatic rings. The molecule has 0 spiro atoms. The first-order valence-corrected chi connectivity index (χ1v) is 6.34. The predicted octanol–water partition coefficient (Wildman–Crippen LogP) is 1.69. The Balaban J connectivity index is 2.40. The third-order valence-corrected chi connectivity index (χ3v) is 4.12.